The Morgan fingerprint density at radius 1 is 0.969 bits per heavy atom. The number of aromatic nitrogens is 1. The molecule has 1 N–H and O–H groups in total. The number of halogens is 1. The van der Waals surface area contributed by atoms with Crippen molar-refractivity contribution < 1.29 is 4.79 Å². The number of para-hydroxylation sites is 2. The molecule has 5 nitrogen and oxygen atoms in total. The first-order valence-electron chi connectivity index (χ1n) is 10.8. The molecule has 0 radical (unpaired) electrons. The van der Waals surface area contributed by atoms with Gasteiger partial charge in [-0.1, -0.05) is 23.7 Å². The Bertz CT molecular complexity index is 1010. The minimum Gasteiger partial charge on any atom is -0.367 e. The molecule has 1 aliphatic rings. The van der Waals surface area contributed by atoms with E-state index in [0.717, 1.165) is 55.4 Å². The minimum atomic E-state index is -0.00612. The molecule has 1 aliphatic heterocycles. The number of piperazine rings is 1. The van der Waals surface area contributed by atoms with Crippen molar-refractivity contribution in [3.05, 3.63) is 83.6 Å². The van der Waals surface area contributed by atoms with Crippen LogP contribution in [0.1, 0.15) is 5.56 Å². The Morgan fingerprint density at radius 3 is 2.44 bits per heavy atom. The van der Waals surface area contributed by atoms with Gasteiger partial charge >= 0.3 is 0 Å². The van der Waals surface area contributed by atoms with Crippen molar-refractivity contribution in [2.75, 3.05) is 48.7 Å². The van der Waals surface area contributed by atoms with Crippen molar-refractivity contribution in [1.82, 2.24) is 9.88 Å². The van der Waals surface area contributed by atoms with Crippen molar-refractivity contribution in [1.29, 1.82) is 0 Å². The lowest BCUT2D eigenvalue weighted by Crippen LogP contribution is -2.47. The Balaban J connectivity index is 1.28. The number of carbonyl (C=O) groups excluding carboxylic acids is 1. The molecule has 2 aromatic carbocycles. The van der Waals surface area contributed by atoms with Crippen LogP contribution in [0.2, 0.25) is 5.02 Å². The number of nitrogens with zero attached hydrogens (tertiary/aromatic N) is 3. The maximum atomic E-state index is 12.6. The Morgan fingerprint density at radius 2 is 1.69 bits per heavy atom. The molecule has 0 unspecified atom stereocenters. The summed E-state index contributed by atoms with van der Waals surface area (Å²) in [6, 6.07) is 19.8. The van der Waals surface area contributed by atoms with Crippen LogP contribution in [0.4, 0.5) is 11.4 Å². The average molecular weight is 467 g/mol. The van der Waals surface area contributed by atoms with Gasteiger partial charge in [0.05, 0.1) is 17.1 Å². The fraction of sp³-hybridized carbons (Fsp3) is 0.280. The second kappa shape index (κ2) is 11.4. The van der Waals surface area contributed by atoms with Crippen LogP contribution in [0.15, 0.2) is 78.0 Å². The highest BCUT2D eigenvalue weighted by Gasteiger charge is 2.19. The molecule has 3 aromatic rings. The van der Waals surface area contributed by atoms with Gasteiger partial charge in [0.25, 0.3) is 0 Å². The molecule has 4 rings (SSSR count). The zero-order valence-corrected chi connectivity index (χ0v) is 19.5. The average Bonchev–Trinajstić information content (AvgIpc) is 2.84. The van der Waals surface area contributed by atoms with Crippen molar-refractivity contribution >= 4 is 40.6 Å². The summed E-state index contributed by atoms with van der Waals surface area (Å²) in [5.74, 6) is 0.354. The van der Waals surface area contributed by atoms with Crippen LogP contribution in [0.3, 0.4) is 0 Å². The lowest BCUT2D eigenvalue weighted by Gasteiger charge is -2.37. The highest BCUT2D eigenvalue weighted by atomic mass is 35.5. The zero-order valence-electron chi connectivity index (χ0n) is 17.9. The van der Waals surface area contributed by atoms with E-state index >= 15 is 0 Å². The highest BCUT2D eigenvalue weighted by Crippen LogP contribution is 2.27. The number of hydrogen-bond acceptors (Lipinski definition) is 5. The summed E-state index contributed by atoms with van der Waals surface area (Å²) in [5, 5.41) is 3.80. The van der Waals surface area contributed by atoms with E-state index in [-0.39, 0.29) is 5.91 Å². The number of carbonyl (C=O) groups is 1. The topological polar surface area (TPSA) is 48.5 Å². The van der Waals surface area contributed by atoms with Gasteiger partial charge in [0.15, 0.2) is 0 Å². The predicted octanol–water partition coefficient (Wildman–Crippen LogP) is 4.83. The van der Waals surface area contributed by atoms with Crippen molar-refractivity contribution in [2.24, 2.45) is 0 Å². The molecule has 1 aromatic heterocycles. The summed E-state index contributed by atoms with van der Waals surface area (Å²) in [6.07, 6.45) is 4.75. The number of nitrogens with one attached hydrogen (secondary N) is 1. The zero-order chi connectivity index (χ0) is 22.2. The predicted molar refractivity (Wildman–Crippen MR) is 134 cm³/mol. The molecule has 1 saturated heterocycles. The van der Waals surface area contributed by atoms with E-state index in [4.69, 9.17) is 11.6 Å². The molecular formula is C25H27ClN4OS. The summed E-state index contributed by atoms with van der Waals surface area (Å²) >= 11 is 7.44. The SMILES string of the molecule is O=C(CSc1ccc(Cl)cc1)Nc1ccccc1N1CCN(CCc2ccncc2)CC1. The normalized spacial score (nSPS) is 14.3. The Labute approximate surface area is 198 Å². The van der Waals surface area contributed by atoms with Crippen LogP contribution in [0.5, 0.6) is 0 Å². The molecule has 0 atom stereocenters. The highest BCUT2D eigenvalue weighted by molar-refractivity contribution is 8.00. The lowest BCUT2D eigenvalue weighted by molar-refractivity contribution is -0.113. The molecule has 1 fully saturated rings. The monoisotopic (exact) mass is 466 g/mol. The second-order valence-corrected chi connectivity index (χ2v) is 9.23. The summed E-state index contributed by atoms with van der Waals surface area (Å²) in [5.41, 5.74) is 3.29. The van der Waals surface area contributed by atoms with Gasteiger partial charge in [-0.05, 0) is 60.5 Å². The van der Waals surface area contributed by atoms with Gasteiger partial charge in [-0.25, -0.2) is 0 Å². The molecule has 0 bridgehead atoms. The fourth-order valence-electron chi connectivity index (χ4n) is 3.77. The second-order valence-electron chi connectivity index (χ2n) is 7.74. The number of amides is 1. The fourth-order valence-corrected chi connectivity index (χ4v) is 4.59. The maximum absolute atomic E-state index is 12.6. The van der Waals surface area contributed by atoms with Crippen molar-refractivity contribution in [3.63, 3.8) is 0 Å². The van der Waals surface area contributed by atoms with Gasteiger partial charge in [0.2, 0.25) is 5.91 Å². The first-order chi connectivity index (χ1) is 15.7. The number of benzene rings is 2. The summed E-state index contributed by atoms with van der Waals surface area (Å²) in [6.45, 7) is 4.98. The quantitative estimate of drug-likeness (QED) is 0.482. The molecular weight excluding hydrogens is 440 g/mol. The van der Waals surface area contributed by atoms with Crippen LogP contribution >= 0.6 is 23.4 Å². The van der Waals surface area contributed by atoms with Gasteiger partial charge in [-0.3, -0.25) is 14.7 Å². The standard InChI is InChI=1S/C25H27ClN4OS/c26-21-5-7-22(8-6-21)32-19-25(31)28-23-3-1-2-4-24(23)30-17-15-29(16-18-30)14-11-20-9-12-27-13-10-20/h1-10,12-13H,11,14-19H2,(H,28,31). The van der Waals surface area contributed by atoms with Crippen molar-refractivity contribution in [2.45, 2.75) is 11.3 Å². The Kier molecular flexibility index (Phi) is 8.04. The molecule has 1 amide bonds. The number of pyridine rings is 1. The third-order valence-electron chi connectivity index (χ3n) is 5.54. The first-order valence-corrected chi connectivity index (χ1v) is 12.2. The summed E-state index contributed by atoms with van der Waals surface area (Å²) < 4.78 is 0. The van der Waals surface area contributed by atoms with Gasteiger partial charge in [-0.15, -0.1) is 11.8 Å². The molecule has 0 saturated carbocycles. The lowest BCUT2D eigenvalue weighted by atomic mass is 10.1. The number of hydrogen-bond donors (Lipinski definition) is 1. The van der Waals surface area contributed by atoms with E-state index in [9.17, 15) is 4.79 Å². The molecule has 7 heteroatoms. The van der Waals surface area contributed by atoms with Gasteiger partial charge in [0.1, 0.15) is 0 Å². The van der Waals surface area contributed by atoms with Crippen LogP contribution < -0.4 is 10.2 Å². The molecule has 2 heterocycles. The first kappa shape index (κ1) is 22.6. The van der Waals surface area contributed by atoms with Crippen LogP contribution in [0.25, 0.3) is 0 Å². The molecule has 166 valence electrons. The van der Waals surface area contributed by atoms with E-state index in [1.807, 2.05) is 54.9 Å². The van der Waals surface area contributed by atoms with Crippen LogP contribution in [-0.4, -0.2) is 54.3 Å². The number of anilines is 2. The van der Waals surface area contributed by atoms with E-state index in [0.29, 0.717) is 10.8 Å². The van der Waals surface area contributed by atoms with E-state index < -0.39 is 0 Å². The molecule has 0 aliphatic carbocycles. The van der Waals surface area contributed by atoms with Gasteiger partial charge in [-0.2, -0.15) is 0 Å². The van der Waals surface area contributed by atoms with E-state index in [1.54, 1.807) is 0 Å². The largest absolute Gasteiger partial charge is 0.367 e. The molecule has 0 spiro atoms. The third-order valence-corrected chi connectivity index (χ3v) is 6.80. The summed E-state index contributed by atoms with van der Waals surface area (Å²) in [7, 11) is 0. The minimum absolute atomic E-state index is 0.00612. The van der Waals surface area contributed by atoms with Crippen LogP contribution in [-0.2, 0) is 11.2 Å². The molecule has 32 heavy (non-hydrogen) atoms. The number of thioether (sulfide) groups is 1. The van der Waals surface area contributed by atoms with E-state index in [1.165, 1.54) is 17.3 Å². The van der Waals surface area contributed by atoms with E-state index in [2.05, 4.69) is 38.3 Å². The summed E-state index contributed by atoms with van der Waals surface area (Å²) in [4.78, 5) is 22.6. The smallest absolute Gasteiger partial charge is 0.234 e. The number of rotatable bonds is 8. The third kappa shape index (κ3) is 6.48. The maximum Gasteiger partial charge on any atom is 0.234 e. The van der Waals surface area contributed by atoms with Gasteiger partial charge < -0.3 is 10.2 Å². The van der Waals surface area contributed by atoms with Crippen LogP contribution in [0, 0.1) is 0 Å². The van der Waals surface area contributed by atoms with Crippen molar-refractivity contribution in [3.8, 4) is 0 Å². The van der Waals surface area contributed by atoms with Gasteiger partial charge in [0, 0.05) is 55.0 Å². The Hall–Kier alpha value is -2.54.